The molecule has 0 bridgehead atoms. The predicted molar refractivity (Wildman–Crippen MR) is 48.8 cm³/mol. The summed E-state index contributed by atoms with van der Waals surface area (Å²) in [4.78, 5) is 15.3. The van der Waals surface area contributed by atoms with Crippen molar-refractivity contribution in [2.75, 3.05) is 7.11 Å². The molecular formula is C9H12N2O2. The highest BCUT2D eigenvalue weighted by Gasteiger charge is 2.15. The van der Waals surface area contributed by atoms with Crippen molar-refractivity contribution in [1.82, 2.24) is 4.98 Å². The SMILES string of the molecule is COc1ccncc1C(=O)C(C)N. The van der Waals surface area contributed by atoms with Crippen molar-refractivity contribution in [2.45, 2.75) is 13.0 Å². The van der Waals surface area contributed by atoms with Crippen molar-refractivity contribution in [3.63, 3.8) is 0 Å². The fraction of sp³-hybridized carbons (Fsp3) is 0.333. The van der Waals surface area contributed by atoms with Gasteiger partial charge in [0.15, 0.2) is 5.78 Å². The van der Waals surface area contributed by atoms with Gasteiger partial charge in [0.25, 0.3) is 0 Å². The molecule has 0 aromatic carbocycles. The molecule has 0 aliphatic carbocycles. The zero-order valence-corrected chi connectivity index (χ0v) is 7.65. The first-order valence-electron chi connectivity index (χ1n) is 3.94. The Hall–Kier alpha value is -1.42. The molecule has 0 aliphatic heterocycles. The number of nitrogens with two attached hydrogens (primary N) is 1. The molecule has 2 N–H and O–H groups in total. The Kier molecular flexibility index (Phi) is 2.97. The lowest BCUT2D eigenvalue weighted by atomic mass is 10.1. The number of nitrogens with zero attached hydrogens (tertiary/aromatic N) is 1. The molecular weight excluding hydrogens is 168 g/mol. The first-order chi connectivity index (χ1) is 6.16. The number of carbonyl (C=O) groups excluding carboxylic acids is 1. The minimum absolute atomic E-state index is 0.162. The maximum Gasteiger partial charge on any atom is 0.184 e. The van der Waals surface area contributed by atoms with E-state index in [1.54, 1.807) is 19.2 Å². The molecule has 70 valence electrons. The molecule has 1 aromatic rings. The molecule has 4 nitrogen and oxygen atoms in total. The average molecular weight is 180 g/mol. The molecule has 13 heavy (non-hydrogen) atoms. The van der Waals surface area contributed by atoms with Gasteiger partial charge in [-0.3, -0.25) is 9.78 Å². The van der Waals surface area contributed by atoms with Crippen LogP contribution < -0.4 is 10.5 Å². The van der Waals surface area contributed by atoms with Crippen LogP contribution in [0.15, 0.2) is 18.5 Å². The molecule has 0 aliphatic rings. The first kappa shape index (κ1) is 9.67. The van der Waals surface area contributed by atoms with Crippen LogP contribution in [0.5, 0.6) is 5.75 Å². The fourth-order valence-electron chi connectivity index (χ4n) is 0.990. The summed E-state index contributed by atoms with van der Waals surface area (Å²) in [7, 11) is 1.51. The molecule has 0 radical (unpaired) electrons. The summed E-state index contributed by atoms with van der Waals surface area (Å²) in [6, 6.07) is 1.10. The van der Waals surface area contributed by atoms with Gasteiger partial charge in [-0.25, -0.2) is 0 Å². The number of hydrogen-bond acceptors (Lipinski definition) is 4. The van der Waals surface area contributed by atoms with Gasteiger partial charge in [0.2, 0.25) is 0 Å². The van der Waals surface area contributed by atoms with E-state index in [4.69, 9.17) is 10.5 Å². The molecule has 1 rings (SSSR count). The van der Waals surface area contributed by atoms with Crippen molar-refractivity contribution in [2.24, 2.45) is 5.73 Å². The Morgan fingerprint density at radius 1 is 1.69 bits per heavy atom. The Morgan fingerprint density at radius 3 is 2.92 bits per heavy atom. The van der Waals surface area contributed by atoms with Crippen LogP contribution in [-0.4, -0.2) is 23.9 Å². The summed E-state index contributed by atoms with van der Waals surface area (Å²) < 4.78 is 5.00. The molecule has 0 saturated carbocycles. The lowest BCUT2D eigenvalue weighted by Gasteiger charge is -2.07. The number of ether oxygens (including phenoxy) is 1. The van der Waals surface area contributed by atoms with Gasteiger partial charge in [-0.2, -0.15) is 0 Å². The number of hydrogen-bond donors (Lipinski definition) is 1. The summed E-state index contributed by atoms with van der Waals surface area (Å²) >= 11 is 0. The number of ketones is 1. The molecule has 1 heterocycles. The zero-order chi connectivity index (χ0) is 9.84. The van der Waals surface area contributed by atoms with Crippen molar-refractivity contribution < 1.29 is 9.53 Å². The van der Waals surface area contributed by atoms with Gasteiger partial charge in [-0.1, -0.05) is 0 Å². The van der Waals surface area contributed by atoms with Gasteiger partial charge in [0, 0.05) is 12.4 Å². The molecule has 1 unspecified atom stereocenters. The van der Waals surface area contributed by atoms with Crippen LogP contribution in [-0.2, 0) is 0 Å². The maximum absolute atomic E-state index is 11.5. The molecule has 1 aromatic heterocycles. The molecule has 0 amide bonds. The summed E-state index contributed by atoms with van der Waals surface area (Å²) in [5, 5.41) is 0. The van der Waals surface area contributed by atoms with E-state index in [9.17, 15) is 4.79 Å². The molecule has 1 atom stereocenters. The zero-order valence-electron chi connectivity index (χ0n) is 7.65. The highest BCUT2D eigenvalue weighted by Crippen LogP contribution is 2.16. The third-order valence-electron chi connectivity index (χ3n) is 1.68. The van der Waals surface area contributed by atoms with E-state index in [1.165, 1.54) is 13.3 Å². The number of aromatic nitrogens is 1. The van der Waals surface area contributed by atoms with Crippen LogP contribution in [0.25, 0.3) is 0 Å². The third-order valence-corrected chi connectivity index (χ3v) is 1.68. The highest BCUT2D eigenvalue weighted by molar-refractivity contribution is 6.01. The van der Waals surface area contributed by atoms with Gasteiger partial charge in [0.05, 0.1) is 18.7 Å². The van der Waals surface area contributed by atoms with Gasteiger partial charge >= 0.3 is 0 Å². The van der Waals surface area contributed by atoms with Crippen LogP contribution >= 0.6 is 0 Å². The number of pyridine rings is 1. The molecule has 0 saturated heterocycles. The van der Waals surface area contributed by atoms with Crippen molar-refractivity contribution >= 4 is 5.78 Å². The van der Waals surface area contributed by atoms with E-state index < -0.39 is 6.04 Å². The fourth-order valence-corrected chi connectivity index (χ4v) is 0.990. The van der Waals surface area contributed by atoms with E-state index in [0.717, 1.165) is 0 Å². The first-order valence-corrected chi connectivity index (χ1v) is 3.94. The lowest BCUT2D eigenvalue weighted by Crippen LogP contribution is -2.27. The monoisotopic (exact) mass is 180 g/mol. The topological polar surface area (TPSA) is 65.2 Å². The van der Waals surface area contributed by atoms with Crippen molar-refractivity contribution in [1.29, 1.82) is 0 Å². The third kappa shape index (κ3) is 2.03. The smallest absolute Gasteiger partial charge is 0.184 e. The Morgan fingerprint density at radius 2 is 2.38 bits per heavy atom. The second-order valence-electron chi connectivity index (χ2n) is 2.73. The summed E-state index contributed by atoms with van der Waals surface area (Å²) in [6.07, 6.45) is 3.03. The second kappa shape index (κ2) is 4.00. The van der Waals surface area contributed by atoms with Crippen LogP contribution in [0.2, 0.25) is 0 Å². The van der Waals surface area contributed by atoms with E-state index >= 15 is 0 Å². The van der Waals surface area contributed by atoms with E-state index in [2.05, 4.69) is 4.98 Å². The Balaban J connectivity index is 3.06. The number of carbonyl (C=O) groups is 1. The van der Waals surface area contributed by atoms with E-state index in [0.29, 0.717) is 11.3 Å². The summed E-state index contributed by atoms with van der Waals surface area (Å²) in [5.41, 5.74) is 5.89. The van der Waals surface area contributed by atoms with Crippen LogP contribution in [0.1, 0.15) is 17.3 Å². The van der Waals surface area contributed by atoms with Gasteiger partial charge in [-0.05, 0) is 13.0 Å². The summed E-state index contributed by atoms with van der Waals surface area (Å²) in [5.74, 6) is 0.349. The number of rotatable bonds is 3. The summed E-state index contributed by atoms with van der Waals surface area (Å²) in [6.45, 7) is 1.63. The van der Waals surface area contributed by atoms with Gasteiger partial charge < -0.3 is 10.5 Å². The Labute approximate surface area is 76.7 Å². The Bertz CT molecular complexity index is 310. The molecule has 4 heteroatoms. The van der Waals surface area contributed by atoms with Crippen LogP contribution in [0, 0.1) is 0 Å². The van der Waals surface area contributed by atoms with Gasteiger partial charge in [-0.15, -0.1) is 0 Å². The second-order valence-corrected chi connectivity index (χ2v) is 2.73. The maximum atomic E-state index is 11.5. The van der Waals surface area contributed by atoms with Crippen LogP contribution in [0.3, 0.4) is 0 Å². The van der Waals surface area contributed by atoms with Gasteiger partial charge in [0.1, 0.15) is 5.75 Å². The largest absolute Gasteiger partial charge is 0.496 e. The predicted octanol–water partition coefficient (Wildman–Crippen LogP) is 0.620. The normalized spacial score (nSPS) is 12.2. The number of methoxy groups -OCH3 is 1. The minimum Gasteiger partial charge on any atom is -0.496 e. The van der Waals surface area contributed by atoms with Crippen molar-refractivity contribution in [3.05, 3.63) is 24.0 Å². The minimum atomic E-state index is -0.530. The highest BCUT2D eigenvalue weighted by atomic mass is 16.5. The van der Waals surface area contributed by atoms with E-state index in [-0.39, 0.29) is 5.78 Å². The average Bonchev–Trinajstić information content (AvgIpc) is 2.16. The molecule has 0 spiro atoms. The standard InChI is InChI=1S/C9H12N2O2/c1-6(10)9(12)7-5-11-4-3-8(7)13-2/h3-6H,10H2,1-2H3. The van der Waals surface area contributed by atoms with E-state index in [1.807, 2.05) is 0 Å². The lowest BCUT2D eigenvalue weighted by molar-refractivity contribution is 0.0964. The molecule has 0 fully saturated rings. The quantitative estimate of drug-likeness (QED) is 0.692. The van der Waals surface area contributed by atoms with Crippen LogP contribution in [0.4, 0.5) is 0 Å². The van der Waals surface area contributed by atoms with Crippen molar-refractivity contribution in [3.8, 4) is 5.75 Å². The number of Topliss-reactive ketones (excluding diaryl/α,β-unsaturated/α-hetero) is 1.